The van der Waals surface area contributed by atoms with Crippen LogP contribution in [-0.4, -0.2) is 25.6 Å². The molecule has 1 amide bonds. The molecule has 0 saturated heterocycles. The predicted octanol–water partition coefficient (Wildman–Crippen LogP) is 0.840. The average Bonchev–Trinajstić information content (AvgIpc) is 2.25. The van der Waals surface area contributed by atoms with Crippen molar-refractivity contribution in [2.24, 2.45) is 5.73 Å². The van der Waals surface area contributed by atoms with Crippen molar-refractivity contribution in [2.75, 3.05) is 19.7 Å². The molecule has 0 aliphatic carbocycles. The highest BCUT2D eigenvalue weighted by Crippen LogP contribution is 2.17. The van der Waals surface area contributed by atoms with Crippen molar-refractivity contribution >= 4 is 18.3 Å². The first-order valence-electron chi connectivity index (χ1n) is 4.68. The van der Waals surface area contributed by atoms with E-state index in [9.17, 15) is 13.6 Å². The fourth-order valence-electron chi connectivity index (χ4n) is 0.998. The fraction of sp³-hybridized carbons (Fsp3) is 0.300. The van der Waals surface area contributed by atoms with Crippen molar-refractivity contribution in [3.8, 4) is 5.75 Å². The molecule has 0 atom stereocenters. The van der Waals surface area contributed by atoms with Crippen LogP contribution in [0, 0.1) is 11.6 Å². The normalized spacial score (nSPS) is 9.35. The monoisotopic (exact) mass is 266 g/mol. The molecule has 1 aromatic rings. The van der Waals surface area contributed by atoms with Gasteiger partial charge in [0, 0.05) is 19.2 Å². The number of rotatable bonds is 5. The van der Waals surface area contributed by atoms with Crippen molar-refractivity contribution in [3.63, 3.8) is 0 Å². The first-order valence-corrected chi connectivity index (χ1v) is 4.68. The summed E-state index contributed by atoms with van der Waals surface area (Å²) >= 11 is 0. The van der Waals surface area contributed by atoms with Crippen LogP contribution >= 0.6 is 12.4 Å². The quantitative estimate of drug-likeness (QED) is 0.830. The molecule has 1 aromatic carbocycles. The second-order valence-corrected chi connectivity index (χ2v) is 3.00. The zero-order valence-electron chi connectivity index (χ0n) is 8.91. The molecule has 0 bridgehead atoms. The van der Waals surface area contributed by atoms with E-state index in [2.05, 4.69) is 5.32 Å². The van der Waals surface area contributed by atoms with Crippen LogP contribution in [0.2, 0.25) is 0 Å². The third kappa shape index (κ3) is 5.46. The maximum atomic E-state index is 13.0. The minimum atomic E-state index is -0.841. The minimum Gasteiger partial charge on any atom is -0.481 e. The Morgan fingerprint density at radius 2 is 2.12 bits per heavy atom. The highest BCUT2D eigenvalue weighted by Gasteiger charge is 2.07. The number of hydrogen-bond donors (Lipinski definition) is 2. The smallest absolute Gasteiger partial charge is 0.257 e. The highest BCUT2D eigenvalue weighted by atomic mass is 35.5. The number of hydrogen-bond acceptors (Lipinski definition) is 3. The lowest BCUT2D eigenvalue weighted by Crippen LogP contribution is -2.33. The largest absolute Gasteiger partial charge is 0.481 e. The number of carbonyl (C=O) groups is 1. The zero-order valence-corrected chi connectivity index (χ0v) is 9.73. The first-order chi connectivity index (χ1) is 7.63. The third-order valence-corrected chi connectivity index (χ3v) is 1.72. The van der Waals surface area contributed by atoms with E-state index in [1.807, 2.05) is 0 Å². The molecule has 0 radical (unpaired) electrons. The van der Waals surface area contributed by atoms with Gasteiger partial charge in [-0.05, 0) is 12.1 Å². The second kappa shape index (κ2) is 7.81. The Morgan fingerprint density at radius 3 is 2.71 bits per heavy atom. The fourth-order valence-corrected chi connectivity index (χ4v) is 0.998. The number of carbonyl (C=O) groups excluding carboxylic acids is 1. The molecule has 0 aliphatic rings. The van der Waals surface area contributed by atoms with Gasteiger partial charge in [0.05, 0.1) is 0 Å². The Labute approximate surface area is 104 Å². The molecular formula is C10H13ClF2N2O2. The summed E-state index contributed by atoms with van der Waals surface area (Å²) in [5.41, 5.74) is 5.17. The molecule has 3 N–H and O–H groups in total. The van der Waals surface area contributed by atoms with Crippen LogP contribution in [0.1, 0.15) is 0 Å². The molecule has 0 saturated carbocycles. The topological polar surface area (TPSA) is 64.3 Å². The van der Waals surface area contributed by atoms with Gasteiger partial charge in [0.1, 0.15) is 5.82 Å². The molecule has 96 valence electrons. The van der Waals surface area contributed by atoms with Gasteiger partial charge >= 0.3 is 0 Å². The van der Waals surface area contributed by atoms with Crippen LogP contribution in [0.25, 0.3) is 0 Å². The molecular weight excluding hydrogens is 254 g/mol. The predicted molar refractivity (Wildman–Crippen MR) is 61.2 cm³/mol. The van der Waals surface area contributed by atoms with E-state index in [-0.39, 0.29) is 24.8 Å². The van der Waals surface area contributed by atoms with Crippen LogP contribution < -0.4 is 15.8 Å². The standard InChI is InChI=1S/C10H12F2N2O2.ClH/c11-7-1-2-9(8(12)5-7)16-6-10(15)14-4-3-13;/h1-2,5H,3-4,6,13H2,(H,14,15);1H. The molecule has 17 heavy (non-hydrogen) atoms. The van der Waals surface area contributed by atoms with Crippen molar-refractivity contribution < 1.29 is 18.3 Å². The molecule has 0 spiro atoms. The van der Waals surface area contributed by atoms with Crippen LogP contribution in [0.5, 0.6) is 5.75 Å². The lowest BCUT2D eigenvalue weighted by Gasteiger charge is -2.07. The number of ether oxygens (including phenoxy) is 1. The number of benzene rings is 1. The van der Waals surface area contributed by atoms with E-state index in [4.69, 9.17) is 10.5 Å². The number of nitrogens with one attached hydrogen (secondary N) is 1. The molecule has 4 nitrogen and oxygen atoms in total. The van der Waals surface area contributed by atoms with Gasteiger partial charge in [0.25, 0.3) is 5.91 Å². The summed E-state index contributed by atoms with van der Waals surface area (Å²) in [7, 11) is 0. The van der Waals surface area contributed by atoms with Gasteiger partial charge < -0.3 is 15.8 Å². The summed E-state index contributed by atoms with van der Waals surface area (Å²) in [4.78, 5) is 11.1. The van der Waals surface area contributed by atoms with Crippen molar-refractivity contribution in [2.45, 2.75) is 0 Å². The summed E-state index contributed by atoms with van der Waals surface area (Å²) in [6.07, 6.45) is 0. The van der Waals surface area contributed by atoms with Crippen molar-refractivity contribution in [1.29, 1.82) is 0 Å². The summed E-state index contributed by atoms with van der Waals surface area (Å²) in [6, 6.07) is 2.87. The summed E-state index contributed by atoms with van der Waals surface area (Å²) in [5.74, 6) is -2.11. The second-order valence-electron chi connectivity index (χ2n) is 3.00. The minimum absolute atomic E-state index is 0. The van der Waals surface area contributed by atoms with Gasteiger partial charge in [-0.1, -0.05) is 0 Å². The molecule has 0 unspecified atom stereocenters. The Bertz CT molecular complexity index is 377. The maximum absolute atomic E-state index is 13.0. The van der Waals surface area contributed by atoms with Gasteiger partial charge in [-0.2, -0.15) is 0 Å². The molecule has 7 heteroatoms. The van der Waals surface area contributed by atoms with Gasteiger partial charge in [0.15, 0.2) is 18.2 Å². The maximum Gasteiger partial charge on any atom is 0.257 e. The summed E-state index contributed by atoms with van der Waals surface area (Å²) in [5, 5.41) is 2.45. The zero-order chi connectivity index (χ0) is 12.0. The molecule has 0 aliphatic heterocycles. The van der Waals surface area contributed by atoms with Gasteiger partial charge in [0.2, 0.25) is 0 Å². The number of nitrogens with two attached hydrogens (primary N) is 1. The van der Waals surface area contributed by atoms with Gasteiger partial charge in [-0.3, -0.25) is 4.79 Å². The Hall–Kier alpha value is -1.40. The van der Waals surface area contributed by atoms with Crippen molar-refractivity contribution in [3.05, 3.63) is 29.8 Å². The van der Waals surface area contributed by atoms with E-state index >= 15 is 0 Å². The third-order valence-electron chi connectivity index (χ3n) is 1.72. The van der Waals surface area contributed by atoms with Gasteiger partial charge in [-0.15, -0.1) is 12.4 Å². The number of halogens is 3. The lowest BCUT2D eigenvalue weighted by atomic mass is 10.3. The van der Waals surface area contributed by atoms with E-state index < -0.39 is 17.5 Å². The highest BCUT2D eigenvalue weighted by molar-refractivity contribution is 5.85. The first kappa shape index (κ1) is 15.6. The van der Waals surface area contributed by atoms with Crippen LogP contribution in [0.15, 0.2) is 18.2 Å². The van der Waals surface area contributed by atoms with Crippen LogP contribution in [0.3, 0.4) is 0 Å². The van der Waals surface area contributed by atoms with E-state index in [1.165, 1.54) is 0 Å². The molecule has 0 heterocycles. The Kier molecular flexibility index (Phi) is 7.16. The van der Waals surface area contributed by atoms with Crippen molar-refractivity contribution in [1.82, 2.24) is 5.32 Å². The molecule has 0 fully saturated rings. The van der Waals surface area contributed by atoms with E-state index in [0.29, 0.717) is 19.2 Å². The van der Waals surface area contributed by atoms with E-state index in [0.717, 1.165) is 12.1 Å². The van der Waals surface area contributed by atoms with E-state index in [1.54, 1.807) is 0 Å². The summed E-state index contributed by atoms with van der Waals surface area (Å²) < 4.78 is 30.4. The van der Waals surface area contributed by atoms with Crippen LogP contribution in [0.4, 0.5) is 8.78 Å². The average molecular weight is 267 g/mol. The SMILES string of the molecule is Cl.NCCNC(=O)COc1ccc(F)cc1F. The molecule has 0 aromatic heterocycles. The van der Waals surface area contributed by atoms with Crippen LogP contribution in [-0.2, 0) is 4.79 Å². The summed E-state index contributed by atoms with van der Waals surface area (Å²) in [6.45, 7) is 0.313. The van der Waals surface area contributed by atoms with Gasteiger partial charge in [-0.25, -0.2) is 8.78 Å². The molecule has 1 rings (SSSR count). The Balaban J connectivity index is 0.00000256. The lowest BCUT2D eigenvalue weighted by molar-refractivity contribution is -0.123. The number of amides is 1. The Morgan fingerprint density at radius 1 is 1.41 bits per heavy atom.